The van der Waals surface area contributed by atoms with Gasteiger partial charge in [-0.2, -0.15) is 0 Å². The summed E-state index contributed by atoms with van der Waals surface area (Å²) in [4.78, 5) is 0. The molecule has 1 N–H and O–H groups in total. The van der Waals surface area contributed by atoms with E-state index in [1.54, 1.807) is 19.2 Å². The molecule has 0 aliphatic carbocycles. The average molecular weight is 423 g/mol. The molecule has 140 valence electrons. The van der Waals surface area contributed by atoms with Crippen LogP contribution < -0.4 is 14.8 Å². The van der Waals surface area contributed by atoms with Crippen LogP contribution in [0.15, 0.2) is 60.7 Å². The minimum absolute atomic E-state index is 0.310. The summed E-state index contributed by atoms with van der Waals surface area (Å²) < 4.78 is 11.5. The lowest BCUT2D eigenvalue weighted by molar-refractivity contribution is 0.282. The fourth-order valence-corrected chi connectivity index (χ4v) is 3.17. The van der Waals surface area contributed by atoms with Gasteiger partial charge in [0.05, 0.1) is 7.11 Å². The maximum Gasteiger partial charge on any atom is 0.166 e. The lowest BCUT2D eigenvalue weighted by Crippen LogP contribution is -2.05. The third-order valence-electron chi connectivity index (χ3n) is 3.99. The van der Waals surface area contributed by atoms with E-state index in [0.29, 0.717) is 39.7 Å². The molecule has 6 heteroatoms. The summed E-state index contributed by atoms with van der Waals surface area (Å²) >= 11 is 18.1. The van der Waals surface area contributed by atoms with Crippen molar-refractivity contribution in [1.29, 1.82) is 0 Å². The fraction of sp³-hybridized carbons (Fsp3) is 0.143. The number of para-hydroxylation sites is 1. The van der Waals surface area contributed by atoms with Crippen LogP contribution in [0, 0.1) is 0 Å². The van der Waals surface area contributed by atoms with Gasteiger partial charge in [-0.25, -0.2) is 0 Å². The van der Waals surface area contributed by atoms with Crippen molar-refractivity contribution in [2.45, 2.75) is 13.2 Å². The second-order valence-electron chi connectivity index (χ2n) is 5.83. The number of hydrogen-bond acceptors (Lipinski definition) is 3. The van der Waals surface area contributed by atoms with Gasteiger partial charge in [-0.3, -0.25) is 0 Å². The van der Waals surface area contributed by atoms with Crippen molar-refractivity contribution in [3.8, 4) is 11.5 Å². The average Bonchev–Trinajstić information content (AvgIpc) is 2.67. The first-order valence-electron chi connectivity index (χ1n) is 8.29. The predicted octanol–water partition coefficient (Wildman–Crippen LogP) is 6.85. The van der Waals surface area contributed by atoms with Gasteiger partial charge in [0.1, 0.15) is 6.61 Å². The van der Waals surface area contributed by atoms with Crippen LogP contribution in [0.3, 0.4) is 0 Å². The Hall–Kier alpha value is -2.07. The number of methoxy groups -OCH3 is 1. The highest BCUT2D eigenvalue weighted by Gasteiger charge is 2.12. The number of nitrogens with one attached hydrogen (secondary N) is 1. The lowest BCUT2D eigenvalue weighted by Gasteiger charge is -2.16. The molecule has 0 saturated carbocycles. The molecule has 0 radical (unpaired) electrons. The van der Waals surface area contributed by atoms with E-state index in [0.717, 1.165) is 16.8 Å². The van der Waals surface area contributed by atoms with Crippen LogP contribution >= 0.6 is 34.8 Å². The molecule has 0 amide bonds. The molecule has 0 saturated heterocycles. The summed E-state index contributed by atoms with van der Waals surface area (Å²) in [6.07, 6.45) is 0. The molecule has 0 unspecified atom stereocenters. The van der Waals surface area contributed by atoms with Crippen LogP contribution in [0.1, 0.15) is 11.1 Å². The van der Waals surface area contributed by atoms with Crippen LogP contribution in [0.25, 0.3) is 0 Å². The molecule has 0 aromatic heterocycles. The first-order valence-corrected chi connectivity index (χ1v) is 9.42. The van der Waals surface area contributed by atoms with Crippen LogP contribution in [0.5, 0.6) is 11.5 Å². The Morgan fingerprint density at radius 3 is 2.30 bits per heavy atom. The minimum Gasteiger partial charge on any atom is -0.493 e. The molecule has 0 heterocycles. The van der Waals surface area contributed by atoms with Crippen molar-refractivity contribution < 1.29 is 9.47 Å². The van der Waals surface area contributed by atoms with E-state index < -0.39 is 0 Å². The van der Waals surface area contributed by atoms with E-state index in [9.17, 15) is 0 Å². The second-order valence-corrected chi connectivity index (χ2v) is 7.11. The molecule has 0 aliphatic rings. The summed E-state index contributed by atoms with van der Waals surface area (Å²) in [6, 6.07) is 18.7. The molecule has 0 aliphatic heterocycles. The molecule has 0 atom stereocenters. The van der Waals surface area contributed by atoms with Crippen molar-refractivity contribution in [3.05, 3.63) is 86.9 Å². The normalized spacial score (nSPS) is 10.5. The van der Waals surface area contributed by atoms with E-state index >= 15 is 0 Å². The number of rotatable bonds is 7. The van der Waals surface area contributed by atoms with Crippen molar-refractivity contribution in [2.75, 3.05) is 12.4 Å². The third kappa shape index (κ3) is 5.23. The van der Waals surface area contributed by atoms with Gasteiger partial charge in [0.2, 0.25) is 0 Å². The standard InChI is InChI=1S/C21H18Cl3NO2/c1-26-20-4-2-3-14(12-25-18-9-7-16(22)8-10-18)21(20)27-13-15-5-6-17(23)11-19(15)24/h2-11,25H,12-13H2,1H3. The highest BCUT2D eigenvalue weighted by atomic mass is 35.5. The van der Waals surface area contributed by atoms with Gasteiger partial charge in [0.15, 0.2) is 11.5 Å². The molecule has 3 rings (SSSR count). The van der Waals surface area contributed by atoms with Crippen molar-refractivity contribution >= 4 is 40.5 Å². The number of ether oxygens (including phenoxy) is 2. The summed E-state index contributed by atoms with van der Waals surface area (Å²) in [7, 11) is 1.62. The van der Waals surface area contributed by atoms with Crippen molar-refractivity contribution in [1.82, 2.24) is 0 Å². The monoisotopic (exact) mass is 421 g/mol. The fourth-order valence-electron chi connectivity index (χ4n) is 2.58. The number of hydrogen-bond donors (Lipinski definition) is 1. The molecule has 3 aromatic rings. The number of anilines is 1. The van der Waals surface area contributed by atoms with Gasteiger partial charge in [-0.05, 0) is 42.5 Å². The Bertz CT molecular complexity index is 914. The topological polar surface area (TPSA) is 30.5 Å². The first-order chi connectivity index (χ1) is 13.1. The van der Waals surface area contributed by atoms with Crippen LogP contribution in [0.4, 0.5) is 5.69 Å². The van der Waals surface area contributed by atoms with Gasteiger partial charge in [-0.15, -0.1) is 0 Å². The maximum atomic E-state index is 6.24. The van der Waals surface area contributed by atoms with Gasteiger partial charge in [0.25, 0.3) is 0 Å². The van der Waals surface area contributed by atoms with E-state index in [4.69, 9.17) is 44.3 Å². The zero-order valence-electron chi connectivity index (χ0n) is 14.6. The summed E-state index contributed by atoms with van der Waals surface area (Å²) in [5.74, 6) is 1.34. The van der Waals surface area contributed by atoms with Gasteiger partial charge in [-0.1, -0.05) is 53.0 Å². The quantitative estimate of drug-likeness (QED) is 0.452. The predicted molar refractivity (Wildman–Crippen MR) is 113 cm³/mol. The van der Waals surface area contributed by atoms with Crippen molar-refractivity contribution in [2.24, 2.45) is 0 Å². The Labute approximate surface area is 173 Å². The molecule has 27 heavy (non-hydrogen) atoms. The largest absolute Gasteiger partial charge is 0.493 e. The summed E-state index contributed by atoms with van der Waals surface area (Å²) in [5, 5.41) is 5.22. The molecule has 3 nitrogen and oxygen atoms in total. The first kappa shape index (κ1) is 19.7. The molecular formula is C21H18Cl3NO2. The Morgan fingerprint density at radius 1 is 0.852 bits per heavy atom. The van der Waals surface area contributed by atoms with Gasteiger partial charge in [0, 0.05) is 38.4 Å². The molecule has 0 bridgehead atoms. The summed E-state index contributed by atoms with van der Waals surface area (Å²) in [5.41, 5.74) is 2.78. The van der Waals surface area contributed by atoms with E-state index in [1.807, 2.05) is 48.5 Å². The maximum absolute atomic E-state index is 6.24. The second kappa shape index (κ2) is 9.23. The van der Waals surface area contributed by atoms with Crippen molar-refractivity contribution in [3.63, 3.8) is 0 Å². The van der Waals surface area contributed by atoms with Crippen LogP contribution in [-0.4, -0.2) is 7.11 Å². The van der Waals surface area contributed by atoms with E-state index in [1.165, 1.54) is 0 Å². The van der Waals surface area contributed by atoms with E-state index in [2.05, 4.69) is 5.32 Å². The smallest absolute Gasteiger partial charge is 0.166 e. The molecular weight excluding hydrogens is 405 g/mol. The van der Waals surface area contributed by atoms with E-state index in [-0.39, 0.29) is 0 Å². The van der Waals surface area contributed by atoms with Gasteiger partial charge >= 0.3 is 0 Å². The highest BCUT2D eigenvalue weighted by Crippen LogP contribution is 2.33. The SMILES string of the molecule is COc1cccc(CNc2ccc(Cl)cc2)c1OCc1ccc(Cl)cc1Cl. The highest BCUT2D eigenvalue weighted by molar-refractivity contribution is 6.35. The molecule has 3 aromatic carbocycles. The van der Waals surface area contributed by atoms with Crippen LogP contribution in [-0.2, 0) is 13.2 Å². The minimum atomic E-state index is 0.310. The number of halogens is 3. The third-order valence-corrected chi connectivity index (χ3v) is 4.83. The van der Waals surface area contributed by atoms with Gasteiger partial charge < -0.3 is 14.8 Å². The Morgan fingerprint density at radius 2 is 1.59 bits per heavy atom. The Kier molecular flexibility index (Phi) is 6.73. The number of benzene rings is 3. The zero-order chi connectivity index (χ0) is 19.2. The summed E-state index contributed by atoms with van der Waals surface area (Å²) in [6.45, 7) is 0.882. The zero-order valence-corrected chi connectivity index (χ0v) is 16.9. The Balaban J connectivity index is 1.77. The molecule has 0 spiro atoms. The lowest BCUT2D eigenvalue weighted by atomic mass is 10.1. The van der Waals surface area contributed by atoms with Crippen LogP contribution in [0.2, 0.25) is 15.1 Å². The molecule has 0 fully saturated rings.